The maximum Gasteiger partial charge on any atom is 0.228 e. The van der Waals surface area contributed by atoms with Crippen molar-refractivity contribution in [3.05, 3.63) is 54.6 Å². The summed E-state index contributed by atoms with van der Waals surface area (Å²) in [4.78, 5) is 14.6. The van der Waals surface area contributed by atoms with Gasteiger partial charge in [0.15, 0.2) is 5.65 Å². The Bertz CT molecular complexity index is 1360. The highest BCUT2D eigenvalue weighted by atomic mass is 16.5. The first-order chi connectivity index (χ1) is 17.8. The maximum atomic E-state index is 6.68. The zero-order chi connectivity index (χ0) is 26.0. The summed E-state index contributed by atoms with van der Waals surface area (Å²) >= 11 is 0. The van der Waals surface area contributed by atoms with Crippen molar-refractivity contribution in [3.8, 4) is 22.8 Å². The van der Waals surface area contributed by atoms with Crippen LogP contribution in [0.25, 0.3) is 22.3 Å². The number of nitrogens with zero attached hydrogens (tertiary/aromatic N) is 6. The number of piperazine rings is 1. The maximum absolute atomic E-state index is 6.68. The summed E-state index contributed by atoms with van der Waals surface area (Å²) in [6.45, 7) is 11.4. The number of ether oxygens (including phenoxy) is 2. The lowest BCUT2D eigenvalue weighted by molar-refractivity contribution is 0.144. The minimum absolute atomic E-state index is 0.298. The zero-order valence-corrected chi connectivity index (χ0v) is 22.0. The van der Waals surface area contributed by atoms with Gasteiger partial charge in [-0.3, -0.25) is 4.90 Å². The number of hydrogen-bond acceptors (Lipinski definition) is 8. The van der Waals surface area contributed by atoms with Crippen molar-refractivity contribution < 1.29 is 9.47 Å². The Balaban J connectivity index is 1.55. The summed E-state index contributed by atoms with van der Waals surface area (Å²) in [6, 6.07) is 17.7. The van der Waals surface area contributed by atoms with Gasteiger partial charge < -0.3 is 20.1 Å². The average Bonchev–Trinajstić information content (AvgIpc) is 3.25. The van der Waals surface area contributed by atoms with Crippen LogP contribution in [0.15, 0.2) is 54.6 Å². The second-order valence-corrected chi connectivity index (χ2v) is 10.3. The lowest BCUT2D eigenvalue weighted by Gasteiger charge is -2.34. The highest BCUT2D eigenvalue weighted by Crippen LogP contribution is 2.36. The topological polar surface area (TPSA) is 94.6 Å². The second kappa shape index (κ2) is 10.4. The lowest BCUT2D eigenvalue weighted by atomic mass is 10.1. The molecule has 3 heterocycles. The monoisotopic (exact) mass is 501 g/mol. The Morgan fingerprint density at radius 1 is 0.919 bits per heavy atom. The Morgan fingerprint density at radius 2 is 1.65 bits per heavy atom. The molecule has 1 aliphatic heterocycles. The standard InChI is InChI=1S/C28H35N7O2/c1-28(2,3)35-25(29)23-24(20-9-8-12-22(19-20)37-21-10-6-5-7-11-21)30-27(31-26(23)32-35)34-15-13-33(14-16-34)17-18-36-4/h5-12,19H,13-18,29H2,1-4H3. The van der Waals surface area contributed by atoms with Gasteiger partial charge in [-0.05, 0) is 45.0 Å². The molecule has 0 radical (unpaired) electrons. The van der Waals surface area contributed by atoms with Crippen LogP contribution in [-0.4, -0.2) is 71.1 Å². The van der Waals surface area contributed by atoms with E-state index in [1.807, 2.05) is 59.3 Å². The molecule has 194 valence electrons. The summed E-state index contributed by atoms with van der Waals surface area (Å²) in [6.07, 6.45) is 0. The van der Waals surface area contributed by atoms with Crippen LogP contribution < -0.4 is 15.4 Å². The first-order valence-corrected chi connectivity index (χ1v) is 12.7. The summed E-state index contributed by atoms with van der Waals surface area (Å²) in [5.74, 6) is 2.73. The number of nitrogen functional groups attached to an aromatic ring is 1. The van der Waals surface area contributed by atoms with Crippen LogP contribution >= 0.6 is 0 Å². The van der Waals surface area contributed by atoms with Crippen LogP contribution in [0.2, 0.25) is 0 Å². The van der Waals surface area contributed by atoms with E-state index in [-0.39, 0.29) is 5.54 Å². The van der Waals surface area contributed by atoms with Crippen LogP contribution in [-0.2, 0) is 10.3 Å². The first-order valence-electron chi connectivity index (χ1n) is 12.7. The van der Waals surface area contributed by atoms with Gasteiger partial charge in [0, 0.05) is 45.4 Å². The Hall–Kier alpha value is -3.69. The highest BCUT2D eigenvalue weighted by Gasteiger charge is 2.26. The normalized spacial score (nSPS) is 14.9. The van der Waals surface area contributed by atoms with E-state index >= 15 is 0 Å². The minimum atomic E-state index is -0.298. The van der Waals surface area contributed by atoms with Crippen LogP contribution in [0.3, 0.4) is 0 Å². The number of rotatable bonds is 7. The third-order valence-electron chi connectivity index (χ3n) is 6.55. The Labute approximate surface area is 217 Å². The molecule has 0 unspecified atom stereocenters. The molecule has 1 saturated heterocycles. The third-order valence-corrected chi connectivity index (χ3v) is 6.55. The van der Waals surface area contributed by atoms with Crippen molar-refractivity contribution in [3.63, 3.8) is 0 Å². The summed E-state index contributed by atoms with van der Waals surface area (Å²) in [5, 5.41) is 5.59. The van der Waals surface area contributed by atoms with E-state index in [2.05, 4.69) is 30.6 Å². The molecule has 0 bridgehead atoms. The van der Waals surface area contributed by atoms with Gasteiger partial charge in [-0.25, -0.2) is 9.67 Å². The average molecular weight is 502 g/mol. The molecule has 0 aliphatic carbocycles. The van der Waals surface area contributed by atoms with Crippen molar-refractivity contribution in [2.45, 2.75) is 26.3 Å². The number of anilines is 2. The van der Waals surface area contributed by atoms with Crippen molar-refractivity contribution in [1.29, 1.82) is 0 Å². The minimum Gasteiger partial charge on any atom is -0.457 e. The molecular formula is C28H35N7O2. The van der Waals surface area contributed by atoms with Gasteiger partial charge in [0.05, 0.1) is 23.2 Å². The van der Waals surface area contributed by atoms with Gasteiger partial charge in [-0.15, -0.1) is 5.10 Å². The largest absolute Gasteiger partial charge is 0.457 e. The molecule has 2 aromatic heterocycles. The smallest absolute Gasteiger partial charge is 0.228 e. The summed E-state index contributed by atoms with van der Waals surface area (Å²) in [5.41, 5.74) is 8.64. The Morgan fingerprint density at radius 3 is 2.35 bits per heavy atom. The number of para-hydroxylation sites is 1. The van der Waals surface area contributed by atoms with Gasteiger partial charge in [-0.1, -0.05) is 30.3 Å². The molecule has 0 amide bonds. The molecule has 37 heavy (non-hydrogen) atoms. The van der Waals surface area contributed by atoms with Crippen LogP contribution in [0.5, 0.6) is 11.5 Å². The van der Waals surface area contributed by atoms with E-state index in [9.17, 15) is 0 Å². The highest BCUT2D eigenvalue weighted by molar-refractivity contribution is 5.99. The number of nitrogens with two attached hydrogens (primary N) is 1. The fourth-order valence-electron chi connectivity index (χ4n) is 4.59. The quantitative estimate of drug-likeness (QED) is 0.398. The molecule has 2 aromatic carbocycles. The van der Waals surface area contributed by atoms with E-state index in [4.69, 9.17) is 30.3 Å². The summed E-state index contributed by atoms with van der Waals surface area (Å²) < 4.78 is 13.2. The zero-order valence-electron chi connectivity index (χ0n) is 22.0. The molecule has 0 atom stereocenters. The number of methoxy groups -OCH3 is 1. The SMILES string of the molecule is COCCN1CCN(c2nc(-c3cccc(Oc4ccccc4)c3)c3c(N)n(C(C)(C)C)nc3n2)CC1. The second-order valence-electron chi connectivity index (χ2n) is 10.3. The number of aromatic nitrogens is 4. The molecular weight excluding hydrogens is 466 g/mol. The van der Waals surface area contributed by atoms with Gasteiger partial charge in [0.2, 0.25) is 5.95 Å². The van der Waals surface area contributed by atoms with Gasteiger partial charge in [-0.2, -0.15) is 4.98 Å². The molecule has 0 spiro atoms. The molecule has 1 aliphatic rings. The summed E-state index contributed by atoms with van der Waals surface area (Å²) in [7, 11) is 1.74. The molecule has 5 rings (SSSR count). The van der Waals surface area contributed by atoms with Gasteiger partial charge in [0.1, 0.15) is 17.3 Å². The van der Waals surface area contributed by atoms with Crippen LogP contribution in [0.1, 0.15) is 20.8 Å². The Kier molecular flexibility index (Phi) is 6.99. The van der Waals surface area contributed by atoms with Crippen molar-refractivity contribution in [1.82, 2.24) is 24.6 Å². The molecule has 9 nitrogen and oxygen atoms in total. The number of fused-ring (bicyclic) bond motifs is 1. The van der Waals surface area contributed by atoms with Crippen molar-refractivity contribution in [2.75, 3.05) is 57.1 Å². The van der Waals surface area contributed by atoms with Gasteiger partial charge >= 0.3 is 0 Å². The van der Waals surface area contributed by atoms with E-state index in [1.165, 1.54) is 0 Å². The third kappa shape index (κ3) is 5.38. The van der Waals surface area contributed by atoms with E-state index < -0.39 is 0 Å². The van der Waals surface area contributed by atoms with Crippen molar-refractivity contribution in [2.24, 2.45) is 0 Å². The predicted octanol–water partition coefficient (Wildman–Crippen LogP) is 4.39. The van der Waals surface area contributed by atoms with Crippen LogP contribution in [0, 0.1) is 0 Å². The fraction of sp³-hybridized carbons (Fsp3) is 0.393. The fourth-order valence-corrected chi connectivity index (χ4v) is 4.59. The molecule has 1 fully saturated rings. The lowest BCUT2D eigenvalue weighted by Crippen LogP contribution is -2.47. The molecule has 9 heteroatoms. The van der Waals surface area contributed by atoms with Gasteiger partial charge in [0.25, 0.3) is 0 Å². The first kappa shape index (κ1) is 25.0. The van der Waals surface area contributed by atoms with E-state index in [0.717, 1.165) is 67.5 Å². The van der Waals surface area contributed by atoms with Crippen LogP contribution in [0.4, 0.5) is 11.8 Å². The predicted molar refractivity (Wildman–Crippen MR) is 147 cm³/mol. The molecule has 4 aromatic rings. The number of benzene rings is 2. The molecule has 2 N–H and O–H groups in total. The van der Waals surface area contributed by atoms with Crippen molar-refractivity contribution >= 4 is 22.8 Å². The van der Waals surface area contributed by atoms with E-state index in [1.54, 1.807) is 7.11 Å². The number of hydrogen-bond donors (Lipinski definition) is 1. The molecule has 0 saturated carbocycles. The van der Waals surface area contributed by atoms with E-state index in [0.29, 0.717) is 17.4 Å².